The van der Waals surface area contributed by atoms with Crippen LogP contribution in [0, 0.1) is 10.1 Å². The van der Waals surface area contributed by atoms with Gasteiger partial charge in [-0.25, -0.2) is 0 Å². The van der Waals surface area contributed by atoms with Gasteiger partial charge in [0.25, 0.3) is 0 Å². The first kappa shape index (κ1) is 10.9. The van der Waals surface area contributed by atoms with Crippen molar-refractivity contribution in [3.8, 4) is 0 Å². The highest BCUT2D eigenvalue weighted by Gasteiger charge is 2.15. The van der Waals surface area contributed by atoms with Crippen LogP contribution in [0.15, 0.2) is 16.7 Å². The average molecular weight is 260 g/mol. The largest absolute Gasteiger partial charge is 0.386 e. The molecule has 0 saturated carbocycles. The van der Waals surface area contributed by atoms with Gasteiger partial charge < -0.3 is 15.4 Å². The van der Waals surface area contributed by atoms with Gasteiger partial charge in [-0.3, -0.25) is 0 Å². The van der Waals surface area contributed by atoms with Gasteiger partial charge in [-0.2, -0.15) is 0 Å². The molecule has 0 atom stereocenters. The molecule has 6 heteroatoms. The van der Waals surface area contributed by atoms with Crippen LogP contribution in [0.2, 0.25) is 0 Å². The molecule has 0 aliphatic heterocycles. The Labute approximate surface area is 89.8 Å². The summed E-state index contributed by atoms with van der Waals surface area (Å²) in [5.74, 6) is -0.151. The van der Waals surface area contributed by atoms with E-state index >= 15 is 0 Å². The Morgan fingerprint density at radius 1 is 1.64 bits per heavy atom. The minimum atomic E-state index is -0.503. The molecule has 0 fully saturated rings. The van der Waals surface area contributed by atoms with E-state index in [2.05, 4.69) is 26.2 Å². The fourth-order valence-electron chi connectivity index (χ4n) is 0.995. The molecule has 1 heterocycles. The van der Waals surface area contributed by atoms with Crippen LogP contribution >= 0.6 is 15.9 Å². The van der Waals surface area contributed by atoms with Crippen molar-refractivity contribution in [1.82, 2.24) is 4.98 Å². The molecule has 5 nitrogen and oxygen atoms in total. The predicted molar refractivity (Wildman–Crippen MR) is 57.4 cm³/mol. The molecule has 1 rings (SSSR count). The van der Waals surface area contributed by atoms with Crippen LogP contribution in [0.1, 0.15) is 13.8 Å². The SMILES string of the molecule is CC(C)Nc1cc(Br)cnc1[N+](=O)[O-]. The molecular formula is C8H10BrN3O2. The molecule has 76 valence electrons. The molecule has 0 unspecified atom stereocenters. The molecule has 0 amide bonds. The molecule has 14 heavy (non-hydrogen) atoms. The molecule has 1 aromatic rings. The molecule has 0 saturated heterocycles. The second kappa shape index (κ2) is 4.36. The summed E-state index contributed by atoms with van der Waals surface area (Å²) in [6.07, 6.45) is 1.41. The van der Waals surface area contributed by atoms with Crippen molar-refractivity contribution in [1.29, 1.82) is 0 Å². The second-order valence-electron chi connectivity index (χ2n) is 3.08. The Kier molecular flexibility index (Phi) is 3.40. The summed E-state index contributed by atoms with van der Waals surface area (Å²) in [4.78, 5) is 13.8. The fraction of sp³-hybridized carbons (Fsp3) is 0.375. The van der Waals surface area contributed by atoms with Crippen molar-refractivity contribution in [3.05, 3.63) is 26.9 Å². The molecule has 0 bridgehead atoms. The van der Waals surface area contributed by atoms with Crippen molar-refractivity contribution < 1.29 is 4.92 Å². The van der Waals surface area contributed by atoms with Gasteiger partial charge in [-0.05, 0) is 45.8 Å². The van der Waals surface area contributed by atoms with E-state index in [0.29, 0.717) is 10.2 Å². The van der Waals surface area contributed by atoms with Crippen molar-refractivity contribution in [2.75, 3.05) is 5.32 Å². The Bertz CT molecular complexity index is 354. The monoisotopic (exact) mass is 259 g/mol. The van der Waals surface area contributed by atoms with E-state index in [1.165, 1.54) is 6.20 Å². The van der Waals surface area contributed by atoms with Gasteiger partial charge in [-0.15, -0.1) is 0 Å². The number of hydrogen-bond donors (Lipinski definition) is 1. The normalized spacial score (nSPS) is 10.3. The van der Waals surface area contributed by atoms with Gasteiger partial charge in [0.05, 0.1) is 4.47 Å². The third kappa shape index (κ3) is 2.66. The van der Waals surface area contributed by atoms with E-state index in [1.807, 2.05) is 13.8 Å². The Morgan fingerprint density at radius 2 is 2.29 bits per heavy atom. The number of aromatic nitrogens is 1. The smallest absolute Gasteiger partial charge is 0.376 e. The third-order valence-corrected chi connectivity index (χ3v) is 1.88. The van der Waals surface area contributed by atoms with Crippen LogP contribution in [0.5, 0.6) is 0 Å². The Balaban J connectivity index is 3.09. The summed E-state index contributed by atoms with van der Waals surface area (Å²) in [5.41, 5.74) is 0.430. The molecule has 0 aliphatic carbocycles. The van der Waals surface area contributed by atoms with Crippen LogP contribution in [-0.4, -0.2) is 15.9 Å². The summed E-state index contributed by atoms with van der Waals surface area (Å²) in [7, 11) is 0. The summed E-state index contributed by atoms with van der Waals surface area (Å²) >= 11 is 3.21. The van der Waals surface area contributed by atoms with Gasteiger partial charge in [-0.1, -0.05) is 0 Å². The second-order valence-corrected chi connectivity index (χ2v) is 4.00. The van der Waals surface area contributed by atoms with Gasteiger partial charge >= 0.3 is 5.82 Å². The number of nitrogens with one attached hydrogen (secondary N) is 1. The van der Waals surface area contributed by atoms with Crippen molar-refractivity contribution in [2.24, 2.45) is 0 Å². The minimum Gasteiger partial charge on any atom is -0.376 e. The van der Waals surface area contributed by atoms with Gasteiger partial charge in [0.2, 0.25) is 0 Å². The van der Waals surface area contributed by atoms with Gasteiger partial charge in [0.15, 0.2) is 6.20 Å². The maximum absolute atomic E-state index is 10.6. The van der Waals surface area contributed by atoms with E-state index in [4.69, 9.17) is 0 Å². The van der Waals surface area contributed by atoms with Crippen LogP contribution in [0.3, 0.4) is 0 Å². The maximum atomic E-state index is 10.6. The number of anilines is 1. The number of pyridine rings is 1. The number of nitrogens with zero attached hydrogens (tertiary/aromatic N) is 2. The Morgan fingerprint density at radius 3 is 2.79 bits per heavy atom. The van der Waals surface area contributed by atoms with E-state index in [9.17, 15) is 10.1 Å². The van der Waals surface area contributed by atoms with Gasteiger partial charge in [0, 0.05) is 6.04 Å². The first-order valence-electron chi connectivity index (χ1n) is 4.07. The molecule has 0 spiro atoms. The van der Waals surface area contributed by atoms with Gasteiger partial charge in [0.1, 0.15) is 5.69 Å². The predicted octanol–water partition coefficient (Wildman–Crippen LogP) is 2.57. The fourth-order valence-corrected chi connectivity index (χ4v) is 1.33. The van der Waals surface area contributed by atoms with E-state index in [1.54, 1.807) is 6.07 Å². The summed E-state index contributed by atoms with van der Waals surface area (Å²) < 4.78 is 0.714. The standard InChI is InChI=1S/C8H10BrN3O2/c1-5(2)11-7-3-6(9)4-10-8(7)12(13)14/h3-5,11H,1-2H3. The lowest BCUT2D eigenvalue weighted by atomic mass is 10.3. The lowest BCUT2D eigenvalue weighted by Gasteiger charge is -2.09. The Hall–Kier alpha value is -1.17. The minimum absolute atomic E-state index is 0.129. The zero-order valence-electron chi connectivity index (χ0n) is 7.82. The molecule has 1 N–H and O–H groups in total. The summed E-state index contributed by atoms with van der Waals surface area (Å²) in [6.45, 7) is 3.81. The maximum Gasteiger partial charge on any atom is 0.386 e. The first-order valence-corrected chi connectivity index (χ1v) is 4.86. The number of halogens is 1. The number of nitro groups is 1. The quantitative estimate of drug-likeness (QED) is 0.669. The van der Waals surface area contributed by atoms with Crippen molar-refractivity contribution >= 4 is 27.4 Å². The molecule has 0 aliphatic rings. The molecule has 0 radical (unpaired) electrons. The van der Waals surface area contributed by atoms with E-state index in [-0.39, 0.29) is 11.9 Å². The number of rotatable bonds is 3. The average Bonchev–Trinajstić information content (AvgIpc) is 2.01. The van der Waals surface area contributed by atoms with Crippen LogP contribution < -0.4 is 5.32 Å². The first-order chi connectivity index (χ1) is 6.50. The zero-order valence-corrected chi connectivity index (χ0v) is 9.41. The highest BCUT2D eigenvalue weighted by Crippen LogP contribution is 2.25. The lowest BCUT2D eigenvalue weighted by Crippen LogP contribution is -2.11. The third-order valence-electron chi connectivity index (χ3n) is 1.45. The molecular weight excluding hydrogens is 250 g/mol. The molecule has 1 aromatic heterocycles. The van der Waals surface area contributed by atoms with Crippen molar-refractivity contribution in [2.45, 2.75) is 19.9 Å². The highest BCUT2D eigenvalue weighted by atomic mass is 79.9. The highest BCUT2D eigenvalue weighted by molar-refractivity contribution is 9.10. The topological polar surface area (TPSA) is 68.1 Å². The zero-order chi connectivity index (χ0) is 10.7. The van der Waals surface area contributed by atoms with Crippen LogP contribution in [0.4, 0.5) is 11.5 Å². The molecule has 0 aromatic carbocycles. The van der Waals surface area contributed by atoms with Crippen LogP contribution in [0.25, 0.3) is 0 Å². The number of hydrogen-bond acceptors (Lipinski definition) is 4. The summed E-state index contributed by atoms with van der Waals surface area (Å²) in [5, 5.41) is 13.6. The van der Waals surface area contributed by atoms with E-state index in [0.717, 1.165) is 0 Å². The van der Waals surface area contributed by atoms with E-state index < -0.39 is 4.92 Å². The van der Waals surface area contributed by atoms with Crippen molar-refractivity contribution in [3.63, 3.8) is 0 Å². The van der Waals surface area contributed by atoms with Crippen LogP contribution in [-0.2, 0) is 0 Å². The summed E-state index contributed by atoms with van der Waals surface area (Å²) in [6, 6.07) is 1.77. The lowest BCUT2D eigenvalue weighted by molar-refractivity contribution is -0.388.